The Morgan fingerprint density at radius 3 is 2.17 bits per heavy atom. The number of aryl methyl sites for hydroxylation is 2. The van der Waals surface area contributed by atoms with Crippen LogP contribution >= 0.6 is 28.2 Å². The molecule has 21 nitrogen and oxygen atoms in total. The number of hydrogen-bond donors (Lipinski definition) is 8. The van der Waals surface area contributed by atoms with E-state index in [2.05, 4.69) is 38.3 Å². The van der Waals surface area contributed by atoms with Crippen molar-refractivity contribution in [2.45, 2.75) is 56.6 Å². The van der Waals surface area contributed by atoms with Gasteiger partial charge in [0.15, 0.2) is 30.3 Å². The average molecular weight is 807 g/mol. The van der Waals surface area contributed by atoms with Gasteiger partial charge >= 0.3 is 28.1 Å². The first-order valence-corrected chi connectivity index (χ1v) is 20.2. The Morgan fingerprint density at radius 1 is 1.00 bits per heavy atom. The van der Waals surface area contributed by atoms with Gasteiger partial charge in [0, 0.05) is 25.0 Å². The third-order valence-corrected chi connectivity index (χ3v) is 11.1. The van der Waals surface area contributed by atoms with Gasteiger partial charge in [-0.2, -0.15) is 11.8 Å². The molecule has 2 saturated heterocycles. The molecule has 294 valence electrons. The highest BCUT2D eigenvalue weighted by atomic mass is 32.2. The van der Waals surface area contributed by atoms with Crippen LogP contribution in [0.5, 0.6) is 0 Å². The van der Waals surface area contributed by atoms with E-state index in [0.29, 0.717) is 34.5 Å². The van der Waals surface area contributed by atoms with Gasteiger partial charge in [0.25, 0.3) is 11.9 Å². The fourth-order valence-corrected chi connectivity index (χ4v) is 7.88. The average Bonchev–Trinajstić information content (AvgIpc) is 3.85. The van der Waals surface area contributed by atoms with Crippen molar-refractivity contribution in [2.24, 2.45) is 35.5 Å². The zero-order chi connectivity index (χ0) is 38.6. The molecule has 24 heteroatoms. The number of hydrogen-bond acceptors (Lipinski definition) is 17. The maximum Gasteiger partial charge on any atom is 0.471 e. The fourth-order valence-electron chi connectivity index (χ4n) is 5.98. The summed E-state index contributed by atoms with van der Waals surface area (Å²) >= 11 is 1.45. The van der Waals surface area contributed by atoms with E-state index >= 15 is 0 Å². The van der Waals surface area contributed by atoms with Crippen molar-refractivity contribution in [3.63, 3.8) is 0 Å². The second kappa shape index (κ2) is 17.7. The minimum Gasteiger partial charge on any atom is -0.387 e. The summed E-state index contributed by atoms with van der Waals surface area (Å²) in [6.45, 7) is 10.1. The van der Waals surface area contributed by atoms with Gasteiger partial charge in [-0.25, -0.2) is 13.7 Å². The molecular formula is C29H48N10O11P2S+2. The number of thioether (sulfide) groups is 1. The number of ether oxygens (including phenoxy) is 2. The molecule has 6 rings (SSSR count). The number of aliphatic hydroxyl groups excluding tert-OH is 2. The Morgan fingerprint density at radius 2 is 1.58 bits per heavy atom. The highest BCUT2D eigenvalue weighted by Crippen LogP contribution is 2.42. The number of phosphoric acid groups is 1. The number of nitrogens with one attached hydrogen (secondary N) is 2. The van der Waals surface area contributed by atoms with Crippen molar-refractivity contribution >= 4 is 63.1 Å². The molecule has 4 aliphatic rings. The van der Waals surface area contributed by atoms with Crippen LogP contribution in [0.1, 0.15) is 43.6 Å². The third-order valence-electron chi connectivity index (χ3n) is 8.46. The number of rotatable bonds is 14. The Bertz CT molecular complexity index is 1770. The van der Waals surface area contributed by atoms with E-state index in [4.69, 9.17) is 39.4 Å². The highest BCUT2D eigenvalue weighted by Gasteiger charge is 2.46. The third kappa shape index (κ3) is 9.84. The molecule has 2 aromatic rings. The highest BCUT2D eigenvalue weighted by molar-refractivity contribution is 7.99. The molecule has 6 heterocycles. The predicted molar refractivity (Wildman–Crippen MR) is 194 cm³/mol. The second-order valence-corrected chi connectivity index (χ2v) is 16.1. The molecule has 2 aromatic heterocycles. The predicted octanol–water partition coefficient (Wildman–Crippen LogP) is -0.269. The van der Waals surface area contributed by atoms with Crippen LogP contribution < -0.4 is 31.2 Å². The number of nitrogens with two attached hydrogens (primary N) is 2. The van der Waals surface area contributed by atoms with E-state index in [1.54, 1.807) is 17.8 Å². The van der Waals surface area contributed by atoms with Crippen molar-refractivity contribution in [1.82, 2.24) is 19.8 Å². The topological polar surface area (TPSA) is 272 Å². The lowest BCUT2D eigenvalue weighted by molar-refractivity contribution is -0.754. The molecule has 10 N–H and O–H groups in total. The molecular weight excluding hydrogens is 758 g/mol. The largest absolute Gasteiger partial charge is 0.471 e. The van der Waals surface area contributed by atoms with Crippen molar-refractivity contribution in [3.8, 4) is 0 Å². The van der Waals surface area contributed by atoms with Gasteiger partial charge < -0.3 is 60.6 Å². The first-order chi connectivity index (χ1) is 25.1. The summed E-state index contributed by atoms with van der Waals surface area (Å²) in [7, 11) is -1.11. The molecule has 0 bridgehead atoms. The first-order valence-electron chi connectivity index (χ1n) is 16.4. The molecule has 53 heavy (non-hydrogen) atoms. The molecule has 0 spiro atoms. The summed E-state index contributed by atoms with van der Waals surface area (Å²) < 4.78 is 49.9. The SMILES string of the molecule is C=C1NC(N)=Nc2c1n(C)c[n+]2C1CCC(COP(O)OCCSCCOP(=O)(O)OC)O1.C=C1NC(N)=Nc2c1n(C)c[n+]2[C@@H]1O[C@H](C)C(O)C1O. The van der Waals surface area contributed by atoms with E-state index in [9.17, 15) is 19.7 Å². The number of fused-ring (bicyclic) bond motifs is 2. The van der Waals surface area contributed by atoms with Gasteiger partial charge in [0.1, 0.15) is 12.2 Å². The molecule has 8 atom stereocenters. The fraction of sp³-hybridized carbons (Fsp3) is 0.586. The van der Waals surface area contributed by atoms with Crippen LogP contribution in [0, 0.1) is 0 Å². The zero-order valence-electron chi connectivity index (χ0n) is 29.8. The van der Waals surface area contributed by atoms with Crippen molar-refractivity contribution in [1.29, 1.82) is 0 Å². The quantitative estimate of drug-likeness (QED) is 0.0694. The van der Waals surface area contributed by atoms with Crippen LogP contribution in [-0.2, 0) is 46.2 Å². The lowest BCUT2D eigenvalue weighted by atomic mass is 10.1. The van der Waals surface area contributed by atoms with Gasteiger partial charge in [0.2, 0.25) is 6.23 Å². The van der Waals surface area contributed by atoms with Gasteiger partial charge in [0.05, 0.1) is 57.5 Å². The van der Waals surface area contributed by atoms with Crippen molar-refractivity contribution < 1.29 is 61.3 Å². The summed E-state index contributed by atoms with van der Waals surface area (Å²) in [4.78, 5) is 27.7. The number of phosphoric ester groups is 1. The smallest absolute Gasteiger partial charge is 0.387 e. The van der Waals surface area contributed by atoms with Crippen LogP contribution in [0.4, 0.5) is 11.6 Å². The normalized spacial score (nSPS) is 26.7. The zero-order valence-corrected chi connectivity index (χ0v) is 32.4. The Kier molecular flexibility index (Phi) is 13.7. The Hall–Kier alpha value is -2.95. The van der Waals surface area contributed by atoms with E-state index in [1.807, 2.05) is 34.1 Å². The lowest BCUT2D eigenvalue weighted by Gasteiger charge is -2.16. The summed E-state index contributed by atoms with van der Waals surface area (Å²) in [5.41, 5.74) is 14.4. The van der Waals surface area contributed by atoms with Crippen LogP contribution in [0.3, 0.4) is 0 Å². The Labute approximate surface area is 311 Å². The number of aromatic nitrogens is 4. The van der Waals surface area contributed by atoms with Crippen LogP contribution in [0.2, 0.25) is 0 Å². The number of aliphatic imine (C=N–C) groups is 2. The van der Waals surface area contributed by atoms with E-state index in [1.165, 1.54) is 11.8 Å². The number of imidazole rings is 2. The minimum atomic E-state index is -3.93. The van der Waals surface area contributed by atoms with Gasteiger partial charge in [-0.05, 0) is 13.3 Å². The molecule has 0 aromatic carbocycles. The summed E-state index contributed by atoms with van der Waals surface area (Å²) in [6, 6.07) is 0. The van der Waals surface area contributed by atoms with Crippen molar-refractivity contribution in [3.05, 3.63) is 37.2 Å². The molecule has 0 aliphatic carbocycles. The van der Waals surface area contributed by atoms with E-state index < -0.39 is 41.0 Å². The van der Waals surface area contributed by atoms with Gasteiger partial charge in [-0.3, -0.25) is 18.2 Å². The summed E-state index contributed by atoms with van der Waals surface area (Å²) in [6.07, 6.45) is 1.61. The number of guanidine groups is 2. The monoisotopic (exact) mass is 806 g/mol. The molecule has 2 fully saturated rings. The summed E-state index contributed by atoms with van der Waals surface area (Å²) in [5.74, 6) is 2.78. The number of aliphatic hydroxyl groups is 2. The molecule has 0 amide bonds. The van der Waals surface area contributed by atoms with Crippen LogP contribution in [0.15, 0.2) is 35.8 Å². The van der Waals surface area contributed by atoms with E-state index in [0.717, 1.165) is 31.3 Å². The van der Waals surface area contributed by atoms with Crippen LogP contribution in [-0.4, -0.2) is 104 Å². The summed E-state index contributed by atoms with van der Waals surface area (Å²) in [5, 5.41) is 25.7. The minimum absolute atomic E-state index is 0.0714. The van der Waals surface area contributed by atoms with Gasteiger partial charge in [-0.1, -0.05) is 23.1 Å². The van der Waals surface area contributed by atoms with E-state index in [-0.39, 0.29) is 44.1 Å². The second-order valence-electron chi connectivity index (χ2n) is 12.3. The lowest BCUT2D eigenvalue weighted by Crippen LogP contribution is -2.46. The van der Waals surface area contributed by atoms with Crippen molar-refractivity contribution in [2.75, 3.05) is 38.4 Å². The maximum atomic E-state index is 11.1. The molecule has 0 radical (unpaired) electrons. The molecule has 6 unspecified atom stereocenters. The Balaban J connectivity index is 0.000000230. The molecule has 4 aliphatic heterocycles. The molecule has 0 saturated carbocycles. The number of nitrogens with zero attached hydrogens (tertiary/aromatic N) is 6. The first kappa shape index (κ1) is 41.2. The standard InChI is InChI=1S/C17H29N5O8P2S.C12H18N5O3/c1-12-15-16(20-17(18)19-12)22(11-21(15)2)14-5-4-13(30-14)10-28-31(23)27-6-8-33-9-7-29-32(24,25)26-3;1-5-7-10(15-12(13)14-5)17(4-16(7)3)11-9(19)8(18)6(2)20-11/h11,13-14,23H,1,4-10H2,2-3H3,(H3-,18,19,20,24,25);4,6,8-9,11,18-19H,1H2,2-3H3,(H3,13,14,15)/q;+1/p+1/t;6-,8?,9?,11-/m.1/s1. The van der Waals surface area contributed by atoms with Gasteiger partial charge in [-0.15, -0.1) is 0 Å². The maximum absolute atomic E-state index is 11.1. The van der Waals surface area contributed by atoms with Crippen LogP contribution in [0.25, 0.3) is 11.4 Å².